The second-order valence-electron chi connectivity index (χ2n) is 4.81. The minimum atomic E-state index is -1.00. The van der Waals surface area contributed by atoms with Crippen LogP contribution < -0.4 is 0 Å². The van der Waals surface area contributed by atoms with E-state index in [9.17, 15) is 9.59 Å². The first-order chi connectivity index (χ1) is 9.19. The van der Waals surface area contributed by atoms with E-state index in [1.165, 1.54) is 18.9 Å². The standard InChI is InChI=1S/C15H14O3S/c1-18-14(17)15-10(7-8-12(15)16)9-13(15)19-11-5-3-2-4-6-11/h2-6,9-10H,7-8H2,1H3. The molecule has 3 rings (SSSR count). The molecule has 0 radical (unpaired) electrons. The van der Waals surface area contributed by atoms with E-state index in [-0.39, 0.29) is 11.7 Å². The smallest absolute Gasteiger partial charge is 0.325 e. The molecule has 1 saturated carbocycles. The topological polar surface area (TPSA) is 43.4 Å². The van der Waals surface area contributed by atoms with E-state index in [0.717, 1.165) is 16.2 Å². The first-order valence-electron chi connectivity index (χ1n) is 6.26. The van der Waals surface area contributed by atoms with Crippen LogP contribution in [0, 0.1) is 11.3 Å². The molecule has 1 aromatic carbocycles. The Labute approximate surface area is 116 Å². The average molecular weight is 274 g/mol. The highest BCUT2D eigenvalue weighted by atomic mass is 32.2. The quantitative estimate of drug-likeness (QED) is 0.628. The van der Waals surface area contributed by atoms with Crippen LogP contribution >= 0.6 is 11.8 Å². The molecular formula is C15H14O3S. The Balaban J connectivity index is 1.93. The van der Waals surface area contributed by atoms with Gasteiger partial charge in [-0.25, -0.2) is 0 Å². The summed E-state index contributed by atoms with van der Waals surface area (Å²) < 4.78 is 4.88. The van der Waals surface area contributed by atoms with E-state index in [4.69, 9.17) is 4.74 Å². The van der Waals surface area contributed by atoms with Gasteiger partial charge in [0, 0.05) is 22.1 Å². The SMILES string of the molecule is COC(=O)C12C(=O)CCC1C=C2Sc1ccccc1. The second-order valence-corrected chi connectivity index (χ2v) is 5.93. The third kappa shape index (κ3) is 1.66. The van der Waals surface area contributed by atoms with Gasteiger partial charge in [-0.3, -0.25) is 9.59 Å². The maximum absolute atomic E-state index is 12.2. The average Bonchev–Trinajstić information content (AvgIpc) is 2.68. The molecular weight excluding hydrogens is 260 g/mol. The molecule has 0 spiro atoms. The van der Waals surface area contributed by atoms with Gasteiger partial charge < -0.3 is 4.74 Å². The third-order valence-electron chi connectivity index (χ3n) is 3.90. The van der Waals surface area contributed by atoms with Gasteiger partial charge >= 0.3 is 5.97 Å². The van der Waals surface area contributed by atoms with Gasteiger partial charge in [-0.2, -0.15) is 0 Å². The molecule has 0 amide bonds. The maximum atomic E-state index is 12.2. The molecule has 3 nitrogen and oxygen atoms in total. The molecule has 0 N–H and O–H groups in total. The number of fused-ring (bicyclic) bond motifs is 1. The normalized spacial score (nSPS) is 28.4. The number of hydrogen-bond acceptors (Lipinski definition) is 4. The first-order valence-corrected chi connectivity index (χ1v) is 7.08. The number of methoxy groups -OCH3 is 1. The Morgan fingerprint density at radius 3 is 2.74 bits per heavy atom. The fourth-order valence-corrected chi connectivity index (χ4v) is 4.20. The number of hydrogen-bond donors (Lipinski definition) is 0. The fourth-order valence-electron chi connectivity index (χ4n) is 2.91. The zero-order valence-electron chi connectivity index (χ0n) is 10.6. The highest BCUT2D eigenvalue weighted by Crippen LogP contribution is 2.60. The molecule has 0 heterocycles. The Hall–Kier alpha value is -1.55. The molecule has 0 aromatic heterocycles. The lowest BCUT2D eigenvalue weighted by molar-refractivity contribution is -0.156. The number of rotatable bonds is 3. The minimum Gasteiger partial charge on any atom is -0.468 e. The fraction of sp³-hybridized carbons (Fsp3) is 0.333. The van der Waals surface area contributed by atoms with Crippen molar-refractivity contribution in [3.8, 4) is 0 Å². The molecule has 0 bridgehead atoms. The lowest BCUT2D eigenvalue weighted by Gasteiger charge is -2.39. The number of ketones is 1. The van der Waals surface area contributed by atoms with Gasteiger partial charge in [0.15, 0.2) is 11.2 Å². The zero-order chi connectivity index (χ0) is 13.5. The van der Waals surface area contributed by atoms with Gasteiger partial charge in [-0.15, -0.1) is 0 Å². The highest BCUT2D eigenvalue weighted by molar-refractivity contribution is 8.03. The van der Waals surface area contributed by atoms with Gasteiger partial charge in [0.25, 0.3) is 0 Å². The molecule has 98 valence electrons. The predicted octanol–water partition coefficient (Wildman–Crippen LogP) is 2.81. The van der Waals surface area contributed by atoms with Crippen molar-refractivity contribution in [3.05, 3.63) is 41.3 Å². The van der Waals surface area contributed by atoms with E-state index < -0.39 is 11.4 Å². The molecule has 19 heavy (non-hydrogen) atoms. The number of ether oxygens (including phenoxy) is 1. The summed E-state index contributed by atoms with van der Waals surface area (Å²) >= 11 is 1.49. The highest BCUT2D eigenvalue weighted by Gasteiger charge is 2.63. The summed E-state index contributed by atoms with van der Waals surface area (Å²) in [4.78, 5) is 26.2. The van der Waals surface area contributed by atoms with Crippen molar-refractivity contribution in [2.24, 2.45) is 11.3 Å². The van der Waals surface area contributed by atoms with Crippen molar-refractivity contribution < 1.29 is 14.3 Å². The Kier molecular flexibility index (Phi) is 2.97. The van der Waals surface area contributed by atoms with Crippen LogP contribution in [-0.2, 0) is 14.3 Å². The van der Waals surface area contributed by atoms with Crippen molar-refractivity contribution in [2.75, 3.05) is 7.11 Å². The number of carbonyl (C=O) groups excluding carboxylic acids is 2. The molecule has 1 fully saturated rings. The Bertz CT molecular complexity index is 564. The summed E-state index contributed by atoms with van der Waals surface area (Å²) in [5.74, 6) is -0.370. The number of benzene rings is 1. The molecule has 2 aliphatic rings. The second kappa shape index (κ2) is 4.53. The zero-order valence-corrected chi connectivity index (χ0v) is 11.4. The molecule has 4 heteroatoms. The number of allylic oxidation sites excluding steroid dienone is 1. The Morgan fingerprint density at radius 2 is 2.11 bits per heavy atom. The van der Waals surface area contributed by atoms with E-state index in [0.29, 0.717) is 6.42 Å². The van der Waals surface area contributed by atoms with Crippen molar-refractivity contribution >= 4 is 23.5 Å². The largest absolute Gasteiger partial charge is 0.468 e. The molecule has 2 aliphatic carbocycles. The molecule has 1 aromatic rings. The van der Waals surface area contributed by atoms with Crippen molar-refractivity contribution in [2.45, 2.75) is 17.7 Å². The summed E-state index contributed by atoms with van der Waals surface area (Å²) in [6.45, 7) is 0. The van der Waals surface area contributed by atoms with E-state index in [2.05, 4.69) is 0 Å². The molecule has 2 atom stereocenters. The number of Topliss-reactive ketones (excluding diaryl/α,β-unsaturated/α-hetero) is 1. The summed E-state index contributed by atoms with van der Waals surface area (Å²) in [6, 6.07) is 9.78. The summed E-state index contributed by atoms with van der Waals surface area (Å²) in [6.07, 6.45) is 3.27. The summed E-state index contributed by atoms with van der Waals surface area (Å²) in [5.41, 5.74) is -1.00. The van der Waals surface area contributed by atoms with Crippen LogP contribution in [0.15, 0.2) is 46.2 Å². The van der Waals surface area contributed by atoms with Crippen LogP contribution in [0.1, 0.15) is 12.8 Å². The van der Waals surface area contributed by atoms with Gasteiger partial charge in [0.1, 0.15) is 0 Å². The van der Waals surface area contributed by atoms with E-state index in [1.807, 2.05) is 36.4 Å². The van der Waals surface area contributed by atoms with Gasteiger partial charge in [-0.05, 0) is 18.6 Å². The number of esters is 1. The lowest BCUT2D eigenvalue weighted by Crippen LogP contribution is -2.47. The van der Waals surface area contributed by atoms with Crippen molar-refractivity contribution in [1.82, 2.24) is 0 Å². The van der Waals surface area contributed by atoms with Gasteiger partial charge in [0.2, 0.25) is 0 Å². The van der Waals surface area contributed by atoms with Crippen LogP contribution in [0.25, 0.3) is 0 Å². The Morgan fingerprint density at radius 1 is 1.37 bits per heavy atom. The van der Waals surface area contributed by atoms with Crippen molar-refractivity contribution in [1.29, 1.82) is 0 Å². The minimum absolute atomic E-state index is 0.00489. The van der Waals surface area contributed by atoms with Crippen LogP contribution in [0.3, 0.4) is 0 Å². The van der Waals surface area contributed by atoms with Crippen LogP contribution in [0.4, 0.5) is 0 Å². The predicted molar refractivity (Wildman–Crippen MR) is 72.6 cm³/mol. The molecule has 0 saturated heterocycles. The van der Waals surface area contributed by atoms with Crippen LogP contribution in [0.5, 0.6) is 0 Å². The summed E-state index contributed by atoms with van der Waals surface area (Å²) in [7, 11) is 1.35. The number of thioether (sulfide) groups is 1. The van der Waals surface area contributed by atoms with E-state index >= 15 is 0 Å². The third-order valence-corrected chi connectivity index (χ3v) is 5.08. The van der Waals surface area contributed by atoms with E-state index in [1.54, 1.807) is 0 Å². The molecule has 0 aliphatic heterocycles. The maximum Gasteiger partial charge on any atom is 0.325 e. The van der Waals surface area contributed by atoms with Crippen LogP contribution in [0.2, 0.25) is 0 Å². The van der Waals surface area contributed by atoms with Crippen LogP contribution in [-0.4, -0.2) is 18.9 Å². The summed E-state index contributed by atoms with van der Waals surface area (Å²) in [5, 5.41) is 0. The molecule has 2 unspecified atom stereocenters. The number of carbonyl (C=O) groups is 2. The van der Waals surface area contributed by atoms with Gasteiger partial charge in [0.05, 0.1) is 7.11 Å². The lowest BCUT2D eigenvalue weighted by atomic mass is 9.68. The van der Waals surface area contributed by atoms with Crippen molar-refractivity contribution in [3.63, 3.8) is 0 Å². The van der Waals surface area contributed by atoms with Gasteiger partial charge in [-0.1, -0.05) is 36.0 Å². The first kappa shape index (κ1) is 12.5. The monoisotopic (exact) mass is 274 g/mol.